The standard InChI is InChI=1S/C18H21/c1-18(2,15-17-11-7-4-8-12-17)14-13-16-9-5-3-6-10-16/h3-12H,1,13-15H2,2H3. The predicted octanol–water partition coefficient (Wildman–Crippen LogP) is 4.70. The lowest BCUT2D eigenvalue weighted by Gasteiger charge is -2.24. The number of rotatable bonds is 5. The number of hydrogen-bond acceptors (Lipinski definition) is 0. The van der Waals surface area contributed by atoms with E-state index in [4.69, 9.17) is 0 Å². The zero-order valence-corrected chi connectivity index (χ0v) is 11.1. The van der Waals surface area contributed by atoms with Crippen LogP contribution in [0.1, 0.15) is 24.5 Å². The molecule has 1 unspecified atom stereocenters. The normalized spacial score (nSPS) is 11.4. The van der Waals surface area contributed by atoms with E-state index < -0.39 is 0 Å². The molecule has 2 aromatic rings. The third-order valence-electron chi connectivity index (χ3n) is 3.33. The summed E-state index contributed by atoms with van der Waals surface area (Å²) in [5.74, 6) is 0. The first-order valence-corrected chi connectivity index (χ1v) is 6.59. The molecule has 0 spiro atoms. The monoisotopic (exact) mass is 237 g/mol. The van der Waals surface area contributed by atoms with Gasteiger partial charge in [-0.1, -0.05) is 67.6 Å². The van der Waals surface area contributed by atoms with Gasteiger partial charge in [-0.2, -0.15) is 0 Å². The Hall–Kier alpha value is -1.56. The molecule has 0 heteroatoms. The largest absolute Gasteiger partial charge is 0.0622 e. The average Bonchev–Trinajstić information content (AvgIpc) is 2.38. The van der Waals surface area contributed by atoms with Gasteiger partial charge in [-0.15, -0.1) is 0 Å². The number of hydrogen-bond donors (Lipinski definition) is 0. The van der Waals surface area contributed by atoms with Crippen LogP contribution in [0.15, 0.2) is 60.7 Å². The zero-order valence-electron chi connectivity index (χ0n) is 11.1. The Labute approximate surface area is 111 Å². The Balaban J connectivity index is 1.91. The first-order chi connectivity index (χ1) is 8.66. The van der Waals surface area contributed by atoms with Crippen LogP contribution >= 0.6 is 0 Å². The van der Waals surface area contributed by atoms with Crippen molar-refractivity contribution in [1.82, 2.24) is 0 Å². The number of benzene rings is 2. The van der Waals surface area contributed by atoms with Gasteiger partial charge in [0.25, 0.3) is 0 Å². The molecule has 93 valence electrons. The molecule has 0 saturated carbocycles. The van der Waals surface area contributed by atoms with Gasteiger partial charge in [0.05, 0.1) is 0 Å². The highest BCUT2D eigenvalue weighted by Gasteiger charge is 2.18. The van der Waals surface area contributed by atoms with Gasteiger partial charge in [-0.25, -0.2) is 0 Å². The molecule has 0 fully saturated rings. The maximum Gasteiger partial charge on any atom is -0.0224 e. The molecular formula is C18H21. The van der Waals surface area contributed by atoms with Gasteiger partial charge in [0.1, 0.15) is 0 Å². The zero-order chi connectivity index (χ0) is 12.8. The van der Waals surface area contributed by atoms with Gasteiger partial charge in [0.15, 0.2) is 0 Å². The Morgan fingerprint density at radius 2 is 1.33 bits per heavy atom. The van der Waals surface area contributed by atoms with E-state index in [1.54, 1.807) is 0 Å². The summed E-state index contributed by atoms with van der Waals surface area (Å²) in [4.78, 5) is 0. The molecule has 0 bridgehead atoms. The van der Waals surface area contributed by atoms with Crippen molar-refractivity contribution in [2.24, 2.45) is 5.41 Å². The lowest BCUT2D eigenvalue weighted by molar-refractivity contribution is 0.384. The SMILES string of the molecule is [CH2]C(C)(CCc1ccccc1)Cc1ccccc1. The van der Waals surface area contributed by atoms with Crippen LogP contribution in [-0.2, 0) is 12.8 Å². The van der Waals surface area contributed by atoms with E-state index in [1.807, 2.05) is 0 Å². The molecule has 2 rings (SSSR count). The second-order valence-electron chi connectivity index (χ2n) is 5.46. The van der Waals surface area contributed by atoms with E-state index in [-0.39, 0.29) is 5.41 Å². The van der Waals surface area contributed by atoms with Crippen molar-refractivity contribution in [3.8, 4) is 0 Å². The minimum atomic E-state index is 0.108. The third kappa shape index (κ3) is 4.03. The summed E-state index contributed by atoms with van der Waals surface area (Å²) in [6, 6.07) is 21.3. The van der Waals surface area contributed by atoms with E-state index in [0.717, 1.165) is 19.3 Å². The molecule has 0 N–H and O–H groups in total. The first-order valence-electron chi connectivity index (χ1n) is 6.59. The fourth-order valence-corrected chi connectivity index (χ4v) is 2.27. The van der Waals surface area contributed by atoms with Crippen LogP contribution in [0.25, 0.3) is 0 Å². The Morgan fingerprint density at radius 3 is 1.89 bits per heavy atom. The molecule has 0 aliphatic heterocycles. The fourth-order valence-electron chi connectivity index (χ4n) is 2.27. The molecule has 0 amide bonds. The first kappa shape index (κ1) is 12.9. The van der Waals surface area contributed by atoms with Crippen molar-refractivity contribution in [3.63, 3.8) is 0 Å². The molecule has 0 aliphatic rings. The molecule has 18 heavy (non-hydrogen) atoms. The summed E-state index contributed by atoms with van der Waals surface area (Å²) in [6.07, 6.45) is 3.26. The van der Waals surface area contributed by atoms with Crippen LogP contribution < -0.4 is 0 Å². The second-order valence-corrected chi connectivity index (χ2v) is 5.46. The van der Waals surface area contributed by atoms with E-state index in [2.05, 4.69) is 74.5 Å². The van der Waals surface area contributed by atoms with Crippen LogP contribution in [0.3, 0.4) is 0 Å². The smallest absolute Gasteiger partial charge is 0.0224 e. The van der Waals surface area contributed by atoms with Crippen LogP contribution in [0.2, 0.25) is 0 Å². The summed E-state index contributed by atoms with van der Waals surface area (Å²) < 4.78 is 0. The average molecular weight is 237 g/mol. The molecular weight excluding hydrogens is 216 g/mol. The van der Waals surface area contributed by atoms with Crippen LogP contribution in [-0.4, -0.2) is 0 Å². The molecule has 0 nitrogen and oxygen atoms in total. The summed E-state index contributed by atoms with van der Waals surface area (Å²) in [7, 11) is 0. The van der Waals surface area contributed by atoms with Crippen LogP contribution in [0.5, 0.6) is 0 Å². The van der Waals surface area contributed by atoms with Gasteiger partial charge in [0.2, 0.25) is 0 Å². The van der Waals surface area contributed by atoms with Crippen molar-refractivity contribution in [3.05, 3.63) is 78.7 Å². The summed E-state index contributed by atoms with van der Waals surface area (Å²) >= 11 is 0. The third-order valence-corrected chi connectivity index (χ3v) is 3.33. The minimum Gasteiger partial charge on any atom is -0.0622 e. The number of aryl methyl sites for hydroxylation is 1. The van der Waals surface area contributed by atoms with Crippen molar-refractivity contribution in [1.29, 1.82) is 0 Å². The Morgan fingerprint density at radius 1 is 0.833 bits per heavy atom. The summed E-state index contributed by atoms with van der Waals surface area (Å²) in [5.41, 5.74) is 2.89. The van der Waals surface area contributed by atoms with E-state index >= 15 is 0 Å². The van der Waals surface area contributed by atoms with Crippen molar-refractivity contribution in [2.45, 2.75) is 26.2 Å². The quantitative estimate of drug-likeness (QED) is 0.707. The highest BCUT2D eigenvalue weighted by molar-refractivity contribution is 5.18. The Kier molecular flexibility index (Phi) is 4.19. The molecule has 1 radical (unpaired) electrons. The van der Waals surface area contributed by atoms with Crippen LogP contribution in [0, 0.1) is 12.3 Å². The lowest BCUT2D eigenvalue weighted by atomic mass is 9.81. The second kappa shape index (κ2) is 5.86. The van der Waals surface area contributed by atoms with E-state index in [0.29, 0.717) is 0 Å². The highest BCUT2D eigenvalue weighted by Crippen LogP contribution is 2.27. The van der Waals surface area contributed by atoms with Crippen molar-refractivity contribution < 1.29 is 0 Å². The Bertz CT molecular complexity index is 454. The van der Waals surface area contributed by atoms with Crippen LogP contribution in [0.4, 0.5) is 0 Å². The van der Waals surface area contributed by atoms with E-state index in [9.17, 15) is 0 Å². The molecule has 0 saturated heterocycles. The molecule has 2 aromatic carbocycles. The van der Waals surface area contributed by atoms with Gasteiger partial charge < -0.3 is 0 Å². The van der Waals surface area contributed by atoms with Crippen molar-refractivity contribution in [2.75, 3.05) is 0 Å². The molecule has 0 aromatic heterocycles. The summed E-state index contributed by atoms with van der Waals surface area (Å²) in [5, 5.41) is 0. The lowest BCUT2D eigenvalue weighted by Crippen LogP contribution is -2.16. The maximum absolute atomic E-state index is 4.38. The van der Waals surface area contributed by atoms with Gasteiger partial charge in [-0.05, 0) is 42.7 Å². The summed E-state index contributed by atoms with van der Waals surface area (Å²) in [6.45, 7) is 6.63. The van der Waals surface area contributed by atoms with Gasteiger partial charge >= 0.3 is 0 Å². The molecule has 0 heterocycles. The van der Waals surface area contributed by atoms with Crippen molar-refractivity contribution >= 4 is 0 Å². The molecule has 1 atom stereocenters. The highest BCUT2D eigenvalue weighted by atomic mass is 14.2. The van der Waals surface area contributed by atoms with Gasteiger partial charge in [0, 0.05) is 0 Å². The van der Waals surface area contributed by atoms with E-state index in [1.165, 1.54) is 11.1 Å². The predicted molar refractivity (Wildman–Crippen MR) is 78.4 cm³/mol. The van der Waals surface area contributed by atoms with Gasteiger partial charge in [-0.3, -0.25) is 0 Å². The molecule has 0 aliphatic carbocycles. The maximum atomic E-state index is 4.38. The minimum absolute atomic E-state index is 0.108. The fraction of sp³-hybridized carbons (Fsp3) is 0.278. The topological polar surface area (TPSA) is 0 Å².